The van der Waals surface area contributed by atoms with E-state index in [1.807, 2.05) is 72.6 Å². The number of para-hydroxylation sites is 2. The molecule has 224 valence electrons. The summed E-state index contributed by atoms with van der Waals surface area (Å²) in [6, 6.07) is 26.7. The number of ether oxygens (including phenoxy) is 2. The van der Waals surface area contributed by atoms with Gasteiger partial charge in [0.1, 0.15) is 23.0 Å². The zero-order valence-corrected chi connectivity index (χ0v) is 24.7. The predicted octanol–water partition coefficient (Wildman–Crippen LogP) is 5.99. The van der Waals surface area contributed by atoms with E-state index in [4.69, 9.17) is 9.47 Å². The quantitative estimate of drug-likeness (QED) is 0.158. The van der Waals surface area contributed by atoms with Gasteiger partial charge in [0.25, 0.3) is 0 Å². The standard InChI is InChI=1S/C37H30N2O6/c1-3-44-30-15-9-6-12-27(30)34(42)31-32(33(41)24-16-18-25(19-17-24)45-22(2)40)39-21-20-23-10-4-5-11-26(23)35(39)37(31)28-13-7-8-14-29(28)38-36(37)43/h4-21,31-32,35H,3H2,1-2H3,(H,38,43)/t31-,32-,35+,37+/m0/s1. The largest absolute Gasteiger partial charge is 0.493 e. The first-order valence-electron chi connectivity index (χ1n) is 14.9. The fourth-order valence-corrected chi connectivity index (χ4v) is 7.31. The lowest BCUT2D eigenvalue weighted by molar-refractivity contribution is -0.131. The van der Waals surface area contributed by atoms with Gasteiger partial charge in [-0.2, -0.15) is 0 Å². The van der Waals surface area contributed by atoms with E-state index in [2.05, 4.69) is 5.32 Å². The second-order valence-electron chi connectivity index (χ2n) is 11.4. The Kier molecular flexibility index (Phi) is 6.85. The van der Waals surface area contributed by atoms with Crippen LogP contribution in [-0.4, -0.2) is 41.0 Å². The lowest BCUT2D eigenvalue weighted by atomic mass is 9.62. The molecule has 3 aliphatic rings. The van der Waals surface area contributed by atoms with Crippen molar-refractivity contribution >= 4 is 35.2 Å². The molecule has 7 rings (SSSR count). The summed E-state index contributed by atoms with van der Waals surface area (Å²) < 4.78 is 11.1. The smallest absolute Gasteiger partial charge is 0.308 e. The molecule has 8 heteroatoms. The van der Waals surface area contributed by atoms with Crippen LogP contribution in [0.1, 0.15) is 57.3 Å². The van der Waals surface area contributed by atoms with Crippen LogP contribution in [0.4, 0.5) is 5.69 Å². The zero-order chi connectivity index (χ0) is 31.3. The van der Waals surface area contributed by atoms with Gasteiger partial charge in [0.05, 0.1) is 24.1 Å². The van der Waals surface area contributed by atoms with Crippen molar-refractivity contribution in [3.8, 4) is 11.5 Å². The average Bonchev–Trinajstić information content (AvgIpc) is 3.53. The highest BCUT2D eigenvalue weighted by atomic mass is 16.5. The Morgan fingerprint density at radius 1 is 0.867 bits per heavy atom. The van der Waals surface area contributed by atoms with E-state index < -0.39 is 29.4 Å². The number of anilines is 1. The van der Waals surface area contributed by atoms with E-state index in [0.717, 1.165) is 11.1 Å². The number of nitrogens with one attached hydrogen (secondary N) is 1. The van der Waals surface area contributed by atoms with Gasteiger partial charge in [0.2, 0.25) is 5.91 Å². The van der Waals surface area contributed by atoms with Crippen molar-refractivity contribution in [1.29, 1.82) is 0 Å². The minimum Gasteiger partial charge on any atom is -0.493 e. The third-order valence-corrected chi connectivity index (χ3v) is 8.97. The number of carbonyl (C=O) groups is 4. The molecule has 45 heavy (non-hydrogen) atoms. The molecule has 1 saturated heterocycles. The number of nitrogens with zero attached hydrogens (tertiary/aromatic N) is 1. The van der Waals surface area contributed by atoms with Gasteiger partial charge in [-0.3, -0.25) is 19.2 Å². The van der Waals surface area contributed by atoms with E-state index >= 15 is 4.79 Å². The molecule has 8 nitrogen and oxygen atoms in total. The molecular weight excluding hydrogens is 568 g/mol. The summed E-state index contributed by atoms with van der Waals surface area (Å²) in [5, 5.41) is 3.06. The Morgan fingerprint density at radius 2 is 1.58 bits per heavy atom. The maximum absolute atomic E-state index is 15.1. The molecule has 4 aromatic rings. The van der Waals surface area contributed by atoms with E-state index in [1.165, 1.54) is 6.92 Å². The highest BCUT2D eigenvalue weighted by Crippen LogP contribution is 2.62. The van der Waals surface area contributed by atoms with Crippen LogP contribution in [0.3, 0.4) is 0 Å². The van der Waals surface area contributed by atoms with Crippen molar-refractivity contribution in [3.05, 3.63) is 131 Å². The van der Waals surface area contributed by atoms with E-state index in [1.54, 1.807) is 48.5 Å². The van der Waals surface area contributed by atoms with Crippen LogP contribution in [-0.2, 0) is 15.0 Å². The molecule has 4 aromatic carbocycles. The number of ketones is 2. The summed E-state index contributed by atoms with van der Waals surface area (Å²) in [6.45, 7) is 3.48. The second-order valence-corrected chi connectivity index (χ2v) is 11.4. The summed E-state index contributed by atoms with van der Waals surface area (Å²) in [7, 11) is 0. The fraction of sp³-hybridized carbons (Fsp3) is 0.189. The van der Waals surface area contributed by atoms with Crippen LogP contribution in [0, 0.1) is 5.92 Å². The van der Waals surface area contributed by atoms with Crippen LogP contribution in [0.2, 0.25) is 0 Å². The third kappa shape index (κ3) is 4.28. The Balaban J connectivity index is 1.49. The number of benzene rings is 4. The summed E-state index contributed by atoms with van der Waals surface area (Å²) in [4.78, 5) is 57.9. The van der Waals surface area contributed by atoms with Crippen molar-refractivity contribution in [3.63, 3.8) is 0 Å². The number of hydrogen-bond donors (Lipinski definition) is 1. The number of carbonyl (C=O) groups excluding carboxylic acids is 4. The van der Waals surface area contributed by atoms with Crippen molar-refractivity contribution in [2.24, 2.45) is 5.92 Å². The molecule has 0 saturated carbocycles. The Bertz CT molecular complexity index is 1900. The zero-order valence-electron chi connectivity index (χ0n) is 24.7. The Labute approximate surface area is 260 Å². The van der Waals surface area contributed by atoms with Gasteiger partial charge >= 0.3 is 5.97 Å². The Morgan fingerprint density at radius 3 is 2.36 bits per heavy atom. The highest BCUT2D eigenvalue weighted by molar-refractivity contribution is 6.17. The molecule has 0 aromatic heterocycles. The lowest BCUT2D eigenvalue weighted by Gasteiger charge is -2.38. The third-order valence-electron chi connectivity index (χ3n) is 8.97. The molecule has 1 fully saturated rings. The first-order valence-corrected chi connectivity index (χ1v) is 14.9. The monoisotopic (exact) mass is 598 g/mol. The van der Waals surface area contributed by atoms with Crippen LogP contribution < -0.4 is 14.8 Å². The number of esters is 1. The molecule has 3 heterocycles. The van der Waals surface area contributed by atoms with Gasteiger partial charge < -0.3 is 19.7 Å². The highest BCUT2D eigenvalue weighted by Gasteiger charge is 2.70. The van der Waals surface area contributed by atoms with Gasteiger partial charge in [-0.25, -0.2) is 0 Å². The molecule has 1 spiro atoms. The van der Waals surface area contributed by atoms with Crippen LogP contribution in [0.25, 0.3) is 6.08 Å². The average molecular weight is 599 g/mol. The molecule has 0 radical (unpaired) electrons. The normalized spacial score (nSPS) is 22.3. The van der Waals surface area contributed by atoms with Gasteiger partial charge in [-0.05, 0) is 72.2 Å². The minimum absolute atomic E-state index is 0.300. The maximum atomic E-state index is 15.1. The van der Waals surface area contributed by atoms with Gasteiger partial charge in [0, 0.05) is 24.4 Å². The van der Waals surface area contributed by atoms with Crippen molar-refractivity contribution in [2.45, 2.75) is 31.3 Å². The Hall–Kier alpha value is -5.50. The molecule has 1 N–H and O–H groups in total. The summed E-state index contributed by atoms with van der Waals surface area (Å²) in [5.41, 5.74) is 2.22. The number of rotatable bonds is 7. The molecule has 1 amide bonds. The lowest BCUT2D eigenvalue weighted by Crippen LogP contribution is -2.49. The predicted molar refractivity (Wildman–Crippen MR) is 168 cm³/mol. The van der Waals surface area contributed by atoms with Crippen LogP contribution in [0.5, 0.6) is 11.5 Å². The molecule has 0 bridgehead atoms. The first-order chi connectivity index (χ1) is 21.9. The second kappa shape index (κ2) is 10.9. The number of Topliss-reactive ketones (excluding diaryl/α,β-unsaturated/α-hetero) is 2. The van der Waals surface area contributed by atoms with Crippen LogP contribution in [0.15, 0.2) is 103 Å². The van der Waals surface area contributed by atoms with E-state index in [9.17, 15) is 14.4 Å². The SMILES string of the molecule is CCOc1ccccc1C(=O)[C@@H]1[C@@H](C(=O)c2ccc(OC(C)=O)cc2)N2C=Cc3ccccc3[C@@H]2[C@]12C(=O)Nc1ccccc12. The van der Waals surface area contributed by atoms with Gasteiger partial charge in [0.15, 0.2) is 11.6 Å². The fourth-order valence-electron chi connectivity index (χ4n) is 7.31. The summed E-state index contributed by atoms with van der Waals surface area (Å²) >= 11 is 0. The van der Waals surface area contributed by atoms with Crippen molar-refractivity contribution in [2.75, 3.05) is 11.9 Å². The number of hydrogen-bond acceptors (Lipinski definition) is 7. The molecule has 3 aliphatic heterocycles. The molecule has 0 unspecified atom stereocenters. The summed E-state index contributed by atoms with van der Waals surface area (Å²) in [6.07, 6.45) is 3.75. The molecular formula is C37H30N2O6. The van der Waals surface area contributed by atoms with Crippen molar-refractivity contribution in [1.82, 2.24) is 4.90 Å². The van der Waals surface area contributed by atoms with Gasteiger partial charge in [-0.1, -0.05) is 54.6 Å². The topological polar surface area (TPSA) is 102 Å². The first kappa shape index (κ1) is 28.3. The van der Waals surface area contributed by atoms with Crippen molar-refractivity contribution < 1.29 is 28.7 Å². The number of amides is 1. The molecule has 4 atom stereocenters. The van der Waals surface area contributed by atoms with Gasteiger partial charge in [-0.15, -0.1) is 0 Å². The van der Waals surface area contributed by atoms with Crippen LogP contribution >= 0.6 is 0 Å². The van der Waals surface area contributed by atoms with E-state index in [0.29, 0.717) is 40.5 Å². The van der Waals surface area contributed by atoms with E-state index in [-0.39, 0.29) is 17.5 Å². The molecule has 0 aliphatic carbocycles. The minimum atomic E-state index is -1.45. The maximum Gasteiger partial charge on any atom is 0.308 e. The number of fused-ring (bicyclic) bond motifs is 6. The summed E-state index contributed by atoms with van der Waals surface area (Å²) in [5.74, 6) is -1.95.